The fraction of sp³-hybridized carbons (Fsp3) is 0.312. The van der Waals surface area contributed by atoms with Gasteiger partial charge < -0.3 is 10.1 Å². The van der Waals surface area contributed by atoms with Gasteiger partial charge in [0.1, 0.15) is 18.1 Å². The highest BCUT2D eigenvalue weighted by molar-refractivity contribution is 7.98. The molecule has 27 heavy (non-hydrogen) atoms. The second kappa shape index (κ2) is 8.82. The first-order valence-corrected chi connectivity index (χ1v) is 10.2. The molecule has 0 bridgehead atoms. The van der Waals surface area contributed by atoms with Crippen molar-refractivity contribution in [2.45, 2.75) is 12.5 Å². The van der Waals surface area contributed by atoms with Crippen molar-refractivity contribution >= 4 is 45.0 Å². The zero-order valence-electron chi connectivity index (χ0n) is 14.7. The van der Waals surface area contributed by atoms with Crippen LogP contribution in [0.4, 0.5) is 5.13 Å². The van der Waals surface area contributed by atoms with Crippen LogP contribution >= 0.6 is 23.1 Å². The molecule has 1 atom stereocenters. The average molecular weight is 406 g/mol. The average Bonchev–Trinajstić information content (AvgIpc) is 3.26. The van der Waals surface area contributed by atoms with Gasteiger partial charge in [0.2, 0.25) is 16.0 Å². The van der Waals surface area contributed by atoms with Crippen LogP contribution < -0.4 is 15.4 Å². The Hall–Kier alpha value is -2.66. The lowest BCUT2D eigenvalue weighted by molar-refractivity contribution is -0.118. The molecule has 0 saturated carbocycles. The van der Waals surface area contributed by atoms with Gasteiger partial charge in [-0.2, -0.15) is 16.3 Å². The van der Waals surface area contributed by atoms with Gasteiger partial charge in [-0.05, 0) is 30.6 Å². The highest BCUT2D eigenvalue weighted by Crippen LogP contribution is 2.19. The maximum absolute atomic E-state index is 12.7. The summed E-state index contributed by atoms with van der Waals surface area (Å²) in [5.74, 6) is 0.465. The van der Waals surface area contributed by atoms with Crippen molar-refractivity contribution < 1.29 is 14.3 Å². The van der Waals surface area contributed by atoms with Gasteiger partial charge in [0.05, 0.1) is 12.7 Å². The van der Waals surface area contributed by atoms with E-state index in [1.165, 1.54) is 29.3 Å². The van der Waals surface area contributed by atoms with Crippen LogP contribution in [-0.4, -0.2) is 56.8 Å². The summed E-state index contributed by atoms with van der Waals surface area (Å²) in [5, 5.41) is 17.7. The van der Waals surface area contributed by atoms with E-state index in [4.69, 9.17) is 4.74 Å². The van der Waals surface area contributed by atoms with Gasteiger partial charge in [0, 0.05) is 0 Å². The first kappa shape index (κ1) is 19.1. The molecule has 0 aliphatic heterocycles. The normalized spacial score (nSPS) is 11.9. The largest absolute Gasteiger partial charge is 0.496 e. The molecule has 1 aromatic carbocycles. The van der Waals surface area contributed by atoms with E-state index in [0.29, 0.717) is 27.8 Å². The number of aromatic nitrogens is 4. The van der Waals surface area contributed by atoms with E-state index in [2.05, 4.69) is 25.9 Å². The van der Waals surface area contributed by atoms with E-state index in [1.807, 2.05) is 6.26 Å². The Kier molecular flexibility index (Phi) is 6.24. The summed E-state index contributed by atoms with van der Waals surface area (Å²) in [6.45, 7) is 0. The molecule has 3 rings (SSSR count). The summed E-state index contributed by atoms with van der Waals surface area (Å²) in [5.41, 5.74) is 0.376. The number of hydrogen-bond acceptors (Lipinski definition) is 8. The third kappa shape index (κ3) is 4.55. The van der Waals surface area contributed by atoms with Gasteiger partial charge in [-0.1, -0.05) is 23.5 Å². The zero-order valence-corrected chi connectivity index (χ0v) is 16.3. The number of para-hydroxylation sites is 1. The number of nitrogens with one attached hydrogen (secondary N) is 2. The number of amides is 2. The molecule has 142 valence electrons. The summed E-state index contributed by atoms with van der Waals surface area (Å²) in [7, 11) is 1.50. The molecule has 2 amide bonds. The van der Waals surface area contributed by atoms with Crippen LogP contribution in [0, 0.1) is 0 Å². The van der Waals surface area contributed by atoms with Crippen molar-refractivity contribution in [2.24, 2.45) is 0 Å². The summed E-state index contributed by atoms with van der Waals surface area (Å²) >= 11 is 2.80. The van der Waals surface area contributed by atoms with Gasteiger partial charge in [-0.25, -0.2) is 0 Å². The van der Waals surface area contributed by atoms with Crippen molar-refractivity contribution in [2.75, 3.05) is 24.4 Å². The summed E-state index contributed by atoms with van der Waals surface area (Å²) in [6, 6.07) is 6.17. The zero-order chi connectivity index (χ0) is 19.2. The number of nitrogens with zero attached hydrogens (tertiary/aromatic N) is 4. The first-order valence-electron chi connectivity index (χ1n) is 8.03. The van der Waals surface area contributed by atoms with Gasteiger partial charge in [0.15, 0.2) is 0 Å². The van der Waals surface area contributed by atoms with E-state index in [-0.39, 0.29) is 11.8 Å². The fourth-order valence-corrected chi connectivity index (χ4v) is 3.57. The lowest BCUT2D eigenvalue weighted by Gasteiger charge is -2.18. The Balaban J connectivity index is 1.73. The highest BCUT2D eigenvalue weighted by atomic mass is 32.2. The minimum atomic E-state index is -0.704. The molecule has 0 radical (unpaired) electrons. The van der Waals surface area contributed by atoms with Crippen molar-refractivity contribution in [3.63, 3.8) is 0 Å². The Bertz CT molecular complexity index is 913. The number of carbonyl (C=O) groups excluding carboxylic acids is 2. The maximum atomic E-state index is 12.7. The molecule has 0 fully saturated rings. The number of fused-ring (bicyclic) bond motifs is 1. The van der Waals surface area contributed by atoms with Crippen molar-refractivity contribution in [1.82, 2.24) is 25.1 Å². The van der Waals surface area contributed by atoms with Gasteiger partial charge in [0.25, 0.3) is 5.91 Å². The van der Waals surface area contributed by atoms with Crippen LogP contribution in [0.3, 0.4) is 0 Å². The van der Waals surface area contributed by atoms with Crippen LogP contribution in [0.25, 0.3) is 4.96 Å². The molecule has 1 unspecified atom stereocenters. The third-order valence-corrected chi connectivity index (χ3v) is 5.17. The smallest absolute Gasteiger partial charge is 0.255 e. The van der Waals surface area contributed by atoms with Gasteiger partial charge in [-0.3, -0.25) is 14.9 Å². The predicted molar refractivity (Wildman–Crippen MR) is 105 cm³/mol. The summed E-state index contributed by atoms with van der Waals surface area (Å²) < 4.78 is 6.70. The Morgan fingerprint density at radius 1 is 1.37 bits per heavy atom. The number of anilines is 1. The molecular formula is C16H18N6O3S2. The van der Waals surface area contributed by atoms with Gasteiger partial charge >= 0.3 is 0 Å². The molecule has 2 aromatic heterocycles. The van der Waals surface area contributed by atoms with Crippen LogP contribution in [-0.2, 0) is 4.79 Å². The van der Waals surface area contributed by atoms with Crippen molar-refractivity contribution in [3.05, 3.63) is 36.2 Å². The molecule has 0 spiro atoms. The van der Waals surface area contributed by atoms with Crippen LogP contribution in [0.15, 0.2) is 30.6 Å². The summed E-state index contributed by atoms with van der Waals surface area (Å²) in [4.78, 5) is 25.9. The standard InChI is InChI=1S/C16H18N6O3S2/c1-25-12-6-4-3-5-10(12)13(23)18-11(7-8-26-2)14(24)19-15-21-22-9-17-20-16(22)27-15/h3-6,9,11H,7-8H2,1-2H3,(H,18,23)(H,19,21,24). The topological polar surface area (TPSA) is 111 Å². The van der Waals surface area contributed by atoms with E-state index in [1.54, 1.807) is 36.0 Å². The maximum Gasteiger partial charge on any atom is 0.255 e. The molecule has 0 aliphatic carbocycles. The van der Waals surface area contributed by atoms with E-state index in [9.17, 15) is 9.59 Å². The molecular weight excluding hydrogens is 388 g/mol. The Labute approximate surface area is 163 Å². The number of benzene rings is 1. The minimum Gasteiger partial charge on any atom is -0.496 e. The van der Waals surface area contributed by atoms with Crippen molar-refractivity contribution in [3.8, 4) is 5.75 Å². The molecule has 2 heterocycles. The number of thioether (sulfide) groups is 1. The molecule has 0 aliphatic rings. The predicted octanol–water partition coefficient (Wildman–Crippen LogP) is 1.68. The number of hydrogen-bond donors (Lipinski definition) is 2. The van der Waals surface area contributed by atoms with E-state index in [0.717, 1.165) is 5.75 Å². The van der Waals surface area contributed by atoms with E-state index < -0.39 is 6.04 Å². The fourth-order valence-electron chi connectivity index (χ4n) is 2.38. The first-order chi connectivity index (χ1) is 13.1. The Morgan fingerprint density at radius 3 is 2.93 bits per heavy atom. The SMILES string of the molecule is COc1ccccc1C(=O)NC(CCSC)C(=O)Nc1nn2cnnc2s1. The van der Waals surface area contributed by atoms with Gasteiger partial charge in [-0.15, -0.1) is 15.3 Å². The lowest BCUT2D eigenvalue weighted by atomic mass is 10.1. The van der Waals surface area contributed by atoms with E-state index >= 15 is 0 Å². The number of ether oxygens (including phenoxy) is 1. The minimum absolute atomic E-state index is 0.336. The summed E-state index contributed by atoms with van der Waals surface area (Å²) in [6.07, 6.45) is 3.88. The highest BCUT2D eigenvalue weighted by Gasteiger charge is 2.23. The Morgan fingerprint density at radius 2 is 2.19 bits per heavy atom. The monoisotopic (exact) mass is 406 g/mol. The second-order valence-electron chi connectivity index (χ2n) is 5.46. The third-order valence-electron chi connectivity index (χ3n) is 3.70. The second-order valence-corrected chi connectivity index (χ2v) is 7.40. The number of methoxy groups -OCH3 is 1. The van der Waals surface area contributed by atoms with Crippen LogP contribution in [0.5, 0.6) is 5.75 Å². The molecule has 11 heteroatoms. The molecule has 0 saturated heterocycles. The number of carbonyl (C=O) groups is 2. The van der Waals surface area contributed by atoms with Crippen LogP contribution in [0.2, 0.25) is 0 Å². The quantitative estimate of drug-likeness (QED) is 0.585. The number of rotatable bonds is 8. The molecule has 9 nitrogen and oxygen atoms in total. The lowest BCUT2D eigenvalue weighted by Crippen LogP contribution is -2.44. The molecule has 3 aromatic rings. The van der Waals surface area contributed by atoms with Crippen LogP contribution in [0.1, 0.15) is 16.8 Å². The molecule has 2 N–H and O–H groups in total. The van der Waals surface area contributed by atoms with Crippen molar-refractivity contribution in [1.29, 1.82) is 0 Å².